The Bertz CT molecular complexity index is 735. The molecule has 0 aliphatic heterocycles. The highest BCUT2D eigenvalue weighted by molar-refractivity contribution is 9.10. The van der Waals surface area contributed by atoms with Gasteiger partial charge >= 0.3 is 0 Å². The molecular formula is C17H17BrN2O3S. The van der Waals surface area contributed by atoms with Crippen molar-refractivity contribution in [2.45, 2.75) is 11.8 Å². The maximum Gasteiger partial charge on any atom is 0.234 e. The number of methoxy groups -OCH3 is 1. The van der Waals surface area contributed by atoms with E-state index in [1.807, 2.05) is 24.3 Å². The van der Waals surface area contributed by atoms with E-state index in [4.69, 9.17) is 4.74 Å². The van der Waals surface area contributed by atoms with Gasteiger partial charge in [-0.3, -0.25) is 9.59 Å². The summed E-state index contributed by atoms with van der Waals surface area (Å²) in [7, 11) is 1.61. The Hall–Kier alpha value is -1.99. The highest BCUT2D eigenvalue weighted by atomic mass is 79.9. The number of rotatable bonds is 6. The second-order valence-corrected chi connectivity index (χ2v) is 6.85. The van der Waals surface area contributed by atoms with E-state index in [1.54, 1.807) is 25.3 Å². The fraction of sp³-hybridized carbons (Fsp3) is 0.176. The largest absolute Gasteiger partial charge is 0.497 e. The molecular weight excluding hydrogens is 392 g/mol. The van der Waals surface area contributed by atoms with Crippen LogP contribution >= 0.6 is 27.7 Å². The molecule has 0 saturated carbocycles. The summed E-state index contributed by atoms with van der Waals surface area (Å²) >= 11 is 4.78. The number of amides is 2. The maximum atomic E-state index is 12.2. The van der Waals surface area contributed by atoms with Crippen LogP contribution in [0.5, 0.6) is 5.75 Å². The monoisotopic (exact) mass is 408 g/mol. The highest BCUT2D eigenvalue weighted by Crippen LogP contribution is 2.27. The average molecular weight is 409 g/mol. The Morgan fingerprint density at radius 2 is 1.79 bits per heavy atom. The Balaban J connectivity index is 1.98. The first-order chi connectivity index (χ1) is 11.5. The molecule has 0 spiro atoms. The van der Waals surface area contributed by atoms with E-state index >= 15 is 0 Å². The van der Waals surface area contributed by atoms with Crippen molar-refractivity contribution in [1.82, 2.24) is 0 Å². The van der Waals surface area contributed by atoms with Gasteiger partial charge in [-0.1, -0.05) is 15.9 Å². The van der Waals surface area contributed by atoms with Gasteiger partial charge in [-0.05, 0) is 42.5 Å². The number of ether oxygens (including phenoxy) is 1. The molecule has 126 valence electrons. The van der Waals surface area contributed by atoms with Crippen molar-refractivity contribution in [2.24, 2.45) is 0 Å². The third-order valence-corrected chi connectivity index (χ3v) is 4.50. The molecule has 0 aliphatic carbocycles. The third kappa shape index (κ3) is 5.58. The Kier molecular flexibility index (Phi) is 6.69. The van der Waals surface area contributed by atoms with Crippen LogP contribution in [-0.2, 0) is 9.59 Å². The topological polar surface area (TPSA) is 67.4 Å². The number of hydrogen-bond acceptors (Lipinski definition) is 4. The Morgan fingerprint density at radius 1 is 1.08 bits per heavy atom. The third-order valence-electron chi connectivity index (χ3n) is 3.00. The molecule has 2 aromatic rings. The van der Waals surface area contributed by atoms with Gasteiger partial charge in [0.25, 0.3) is 0 Å². The molecule has 2 amide bonds. The van der Waals surface area contributed by atoms with Crippen molar-refractivity contribution in [3.63, 3.8) is 0 Å². The molecule has 0 saturated heterocycles. The molecule has 0 aliphatic rings. The molecule has 2 N–H and O–H groups in total. The Morgan fingerprint density at radius 3 is 2.42 bits per heavy atom. The van der Waals surface area contributed by atoms with E-state index in [0.717, 1.165) is 15.1 Å². The number of nitrogens with one attached hydrogen (secondary N) is 2. The van der Waals surface area contributed by atoms with Gasteiger partial charge in [0, 0.05) is 16.3 Å². The molecule has 0 atom stereocenters. The van der Waals surface area contributed by atoms with Crippen molar-refractivity contribution in [1.29, 1.82) is 0 Å². The lowest BCUT2D eigenvalue weighted by Crippen LogP contribution is -2.16. The minimum Gasteiger partial charge on any atom is -0.497 e. The zero-order chi connectivity index (χ0) is 17.5. The van der Waals surface area contributed by atoms with Gasteiger partial charge < -0.3 is 15.4 Å². The molecule has 5 nitrogen and oxygen atoms in total. The van der Waals surface area contributed by atoms with Gasteiger partial charge in [-0.25, -0.2) is 0 Å². The van der Waals surface area contributed by atoms with Crippen LogP contribution in [0.25, 0.3) is 0 Å². The molecule has 0 fully saturated rings. The zero-order valence-electron chi connectivity index (χ0n) is 13.3. The number of halogens is 1. The fourth-order valence-corrected chi connectivity index (χ4v) is 2.99. The first-order valence-corrected chi connectivity index (χ1v) is 8.89. The van der Waals surface area contributed by atoms with E-state index in [-0.39, 0.29) is 17.6 Å². The van der Waals surface area contributed by atoms with E-state index in [0.29, 0.717) is 11.4 Å². The van der Waals surface area contributed by atoms with Crippen molar-refractivity contribution in [3.8, 4) is 5.75 Å². The summed E-state index contributed by atoms with van der Waals surface area (Å²) < 4.78 is 5.92. The lowest BCUT2D eigenvalue weighted by Gasteiger charge is -2.12. The number of carbonyl (C=O) groups is 2. The molecule has 0 bridgehead atoms. The predicted molar refractivity (Wildman–Crippen MR) is 101 cm³/mol. The van der Waals surface area contributed by atoms with Gasteiger partial charge in [0.1, 0.15) is 5.75 Å². The minimum atomic E-state index is -0.194. The molecule has 0 unspecified atom stereocenters. The molecule has 2 rings (SSSR count). The summed E-state index contributed by atoms with van der Waals surface area (Å²) in [6, 6.07) is 12.8. The summed E-state index contributed by atoms with van der Waals surface area (Å²) in [4.78, 5) is 24.4. The van der Waals surface area contributed by atoms with Crippen LogP contribution in [-0.4, -0.2) is 24.7 Å². The fourth-order valence-electron chi connectivity index (χ4n) is 1.93. The van der Waals surface area contributed by atoms with E-state index in [2.05, 4.69) is 26.6 Å². The maximum absolute atomic E-state index is 12.2. The number of carbonyl (C=O) groups excluding carboxylic acids is 2. The highest BCUT2D eigenvalue weighted by Gasteiger charge is 2.09. The first-order valence-electron chi connectivity index (χ1n) is 7.12. The molecule has 7 heteroatoms. The van der Waals surface area contributed by atoms with Crippen molar-refractivity contribution in [3.05, 3.63) is 46.9 Å². The van der Waals surface area contributed by atoms with Crippen LogP contribution in [0.15, 0.2) is 51.8 Å². The van der Waals surface area contributed by atoms with E-state index in [1.165, 1.54) is 18.7 Å². The van der Waals surface area contributed by atoms with Gasteiger partial charge in [-0.2, -0.15) is 0 Å². The molecule has 0 heterocycles. The Labute approximate surface area is 153 Å². The SMILES string of the molecule is COc1ccc(SCC(=O)Nc2cc(Br)ccc2NC(C)=O)cc1. The van der Waals surface area contributed by atoms with Crippen LogP contribution in [0.4, 0.5) is 11.4 Å². The molecule has 24 heavy (non-hydrogen) atoms. The van der Waals surface area contributed by atoms with Gasteiger partial charge in [0.05, 0.1) is 24.2 Å². The standard InChI is InChI=1S/C17H17BrN2O3S/c1-11(21)19-15-8-3-12(18)9-16(15)20-17(22)10-24-14-6-4-13(23-2)5-7-14/h3-9H,10H2,1-2H3,(H,19,21)(H,20,22). The van der Waals surface area contributed by atoms with Crippen molar-refractivity contribution in [2.75, 3.05) is 23.5 Å². The number of hydrogen-bond donors (Lipinski definition) is 2. The molecule has 2 aromatic carbocycles. The van der Waals surface area contributed by atoms with E-state index < -0.39 is 0 Å². The van der Waals surface area contributed by atoms with Gasteiger partial charge in [0.15, 0.2) is 0 Å². The quantitative estimate of drug-likeness (QED) is 0.704. The van der Waals surface area contributed by atoms with Gasteiger partial charge in [-0.15, -0.1) is 11.8 Å². The number of anilines is 2. The minimum absolute atomic E-state index is 0.152. The summed E-state index contributed by atoms with van der Waals surface area (Å²) in [5.41, 5.74) is 1.12. The summed E-state index contributed by atoms with van der Waals surface area (Å²) in [6.07, 6.45) is 0. The predicted octanol–water partition coefficient (Wildman–Crippen LogP) is 4.15. The number of thioether (sulfide) groups is 1. The van der Waals surface area contributed by atoms with Crippen LogP contribution in [0.2, 0.25) is 0 Å². The zero-order valence-corrected chi connectivity index (χ0v) is 15.7. The van der Waals surface area contributed by atoms with Crippen molar-refractivity contribution < 1.29 is 14.3 Å². The van der Waals surface area contributed by atoms with Crippen LogP contribution in [0.3, 0.4) is 0 Å². The smallest absolute Gasteiger partial charge is 0.234 e. The average Bonchev–Trinajstić information content (AvgIpc) is 2.55. The second-order valence-electron chi connectivity index (χ2n) is 4.88. The van der Waals surface area contributed by atoms with Crippen molar-refractivity contribution >= 4 is 50.9 Å². The summed E-state index contributed by atoms with van der Waals surface area (Å²) in [5, 5.41) is 5.52. The summed E-state index contributed by atoms with van der Waals surface area (Å²) in [5.74, 6) is 0.692. The first kappa shape index (κ1) is 18.4. The normalized spacial score (nSPS) is 10.1. The lowest BCUT2D eigenvalue weighted by atomic mass is 10.2. The summed E-state index contributed by atoms with van der Waals surface area (Å²) in [6.45, 7) is 1.42. The number of benzene rings is 2. The van der Waals surface area contributed by atoms with E-state index in [9.17, 15) is 9.59 Å². The molecule has 0 radical (unpaired) electrons. The second kappa shape index (κ2) is 8.75. The van der Waals surface area contributed by atoms with Crippen LogP contribution in [0, 0.1) is 0 Å². The van der Waals surface area contributed by atoms with Crippen LogP contribution in [0.1, 0.15) is 6.92 Å². The van der Waals surface area contributed by atoms with Crippen LogP contribution < -0.4 is 15.4 Å². The molecule has 0 aromatic heterocycles. The lowest BCUT2D eigenvalue weighted by molar-refractivity contribution is -0.115. The van der Waals surface area contributed by atoms with Gasteiger partial charge in [0.2, 0.25) is 11.8 Å².